The Labute approximate surface area is 103 Å². The van der Waals surface area contributed by atoms with Crippen molar-refractivity contribution in [3.63, 3.8) is 0 Å². The molecule has 1 amide bonds. The fourth-order valence-corrected chi connectivity index (χ4v) is 1.08. The first-order chi connectivity index (χ1) is 8.04. The van der Waals surface area contributed by atoms with Crippen LogP contribution in [-0.4, -0.2) is 35.2 Å². The molecular formula is C10H17F3N2O3. The molecule has 8 heteroatoms. The Hall–Kier alpha value is -1.31. The van der Waals surface area contributed by atoms with Crippen LogP contribution in [0.5, 0.6) is 0 Å². The summed E-state index contributed by atoms with van der Waals surface area (Å²) >= 11 is 0. The molecule has 0 spiro atoms. The fourth-order valence-electron chi connectivity index (χ4n) is 1.08. The van der Waals surface area contributed by atoms with E-state index in [1.807, 2.05) is 0 Å². The molecule has 106 valence electrons. The van der Waals surface area contributed by atoms with Crippen molar-refractivity contribution in [1.29, 1.82) is 0 Å². The lowest BCUT2D eigenvalue weighted by Gasteiger charge is -2.28. The topological polar surface area (TPSA) is 92.4 Å². The van der Waals surface area contributed by atoms with E-state index in [0.29, 0.717) is 19.9 Å². The Morgan fingerprint density at radius 3 is 2.22 bits per heavy atom. The smallest absolute Gasteiger partial charge is 0.422 e. The molecule has 0 aliphatic carbocycles. The minimum atomic E-state index is -5.06. The number of aliphatic carboxylic acids is 1. The lowest BCUT2D eigenvalue weighted by molar-refractivity contribution is -0.207. The number of nitrogens with two attached hydrogens (primary N) is 1. The van der Waals surface area contributed by atoms with Crippen LogP contribution in [0.1, 0.15) is 26.7 Å². The van der Waals surface area contributed by atoms with Crippen molar-refractivity contribution in [3.8, 4) is 0 Å². The second-order valence-corrected chi connectivity index (χ2v) is 4.36. The van der Waals surface area contributed by atoms with Gasteiger partial charge in [-0.1, -0.05) is 6.92 Å². The van der Waals surface area contributed by atoms with Crippen molar-refractivity contribution >= 4 is 11.9 Å². The first-order valence-electron chi connectivity index (χ1n) is 5.35. The van der Waals surface area contributed by atoms with Crippen LogP contribution in [0.2, 0.25) is 0 Å². The number of alkyl halides is 3. The Bertz CT molecular complexity index is 320. The van der Waals surface area contributed by atoms with Crippen LogP contribution in [-0.2, 0) is 9.59 Å². The number of carboxylic acids is 1. The maximum atomic E-state index is 12.6. The lowest BCUT2D eigenvalue weighted by atomic mass is 10.0. The molecule has 0 aromatic rings. The summed E-state index contributed by atoms with van der Waals surface area (Å²) in [5.41, 5.74) is 2.03. The zero-order chi connectivity index (χ0) is 14.6. The molecule has 0 fully saturated rings. The molecule has 18 heavy (non-hydrogen) atoms. The van der Waals surface area contributed by atoms with E-state index in [1.54, 1.807) is 6.92 Å². The van der Waals surface area contributed by atoms with E-state index in [0.717, 1.165) is 0 Å². The third-order valence-corrected chi connectivity index (χ3v) is 2.65. The number of nitrogens with one attached hydrogen (secondary N) is 1. The van der Waals surface area contributed by atoms with Crippen molar-refractivity contribution in [2.75, 3.05) is 6.54 Å². The third-order valence-electron chi connectivity index (χ3n) is 2.65. The van der Waals surface area contributed by atoms with Gasteiger partial charge in [-0.05, 0) is 25.8 Å². The summed E-state index contributed by atoms with van der Waals surface area (Å²) in [6, 6.07) is 0. The predicted octanol–water partition coefficient (Wildman–Crippen LogP) is 0.883. The van der Waals surface area contributed by atoms with Crippen LogP contribution < -0.4 is 11.1 Å². The summed E-state index contributed by atoms with van der Waals surface area (Å²) in [4.78, 5) is 22.0. The minimum absolute atomic E-state index is 0.0160. The maximum Gasteiger partial charge on any atom is 0.422 e. The van der Waals surface area contributed by atoms with Crippen LogP contribution in [0.25, 0.3) is 0 Å². The number of rotatable bonds is 6. The van der Waals surface area contributed by atoms with Gasteiger partial charge in [0.2, 0.25) is 11.4 Å². The van der Waals surface area contributed by atoms with Gasteiger partial charge in [0, 0.05) is 6.42 Å². The van der Waals surface area contributed by atoms with Crippen molar-refractivity contribution in [3.05, 3.63) is 0 Å². The summed E-state index contributed by atoms with van der Waals surface area (Å²) in [6.45, 7) is 2.47. The molecule has 0 saturated carbocycles. The lowest BCUT2D eigenvalue weighted by Crippen LogP contribution is -2.61. The van der Waals surface area contributed by atoms with Gasteiger partial charge in [0.05, 0.1) is 0 Å². The summed E-state index contributed by atoms with van der Waals surface area (Å²) in [5, 5.41) is 10.1. The van der Waals surface area contributed by atoms with Crippen LogP contribution in [0.15, 0.2) is 0 Å². The van der Waals surface area contributed by atoms with Crippen LogP contribution in [0, 0.1) is 5.92 Å². The number of hydrogen-bond donors (Lipinski definition) is 3. The summed E-state index contributed by atoms with van der Waals surface area (Å²) in [7, 11) is 0. The van der Waals surface area contributed by atoms with Crippen LogP contribution >= 0.6 is 0 Å². The van der Waals surface area contributed by atoms with Gasteiger partial charge in [0.25, 0.3) is 0 Å². The third kappa shape index (κ3) is 4.17. The van der Waals surface area contributed by atoms with Crippen molar-refractivity contribution in [2.24, 2.45) is 11.7 Å². The number of carbonyl (C=O) groups excluding carboxylic acids is 1. The molecule has 0 aliphatic heterocycles. The molecule has 0 aromatic carbocycles. The zero-order valence-corrected chi connectivity index (χ0v) is 10.2. The summed E-state index contributed by atoms with van der Waals surface area (Å²) in [5.74, 6) is -3.12. The highest BCUT2D eigenvalue weighted by Gasteiger charge is 2.58. The van der Waals surface area contributed by atoms with E-state index < -0.39 is 23.6 Å². The molecule has 0 aromatic heterocycles. The molecule has 0 aliphatic rings. The van der Waals surface area contributed by atoms with Crippen molar-refractivity contribution in [2.45, 2.75) is 38.4 Å². The first-order valence-corrected chi connectivity index (χ1v) is 5.35. The quantitative estimate of drug-likeness (QED) is 0.668. The first kappa shape index (κ1) is 16.7. The second kappa shape index (κ2) is 6.03. The fraction of sp³-hybridized carbons (Fsp3) is 0.800. The highest BCUT2D eigenvalue weighted by Crippen LogP contribution is 2.30. The van der Waals surface area contributed by atoms with Crippen molar-refractivity contribution < 1.29 is 27.9 Å². The predicted molar refractivity (Wildman–Crippen MR) is 57.7 cm³/mol. The summed E-state index contributed by atoms with van der Waals surface area (Å²) in [6.07, 6.45) is -4.96. The molecule has 0 radical (unpaired) electrons. The minimum Gasteiger partial charge on any atom is -0.479 e. The van der Waals surface area contributed by atoms with Gasteiger partial charge in [0.15, 0.2) is 0 Å². The Morgan fingerprint density at radius 2 is 1.89 bits per heavy atom. The highest BCUT2D eigenvalue weighted by atomic mass is 19.4. The number of carboxylic acid groups (broad SMARTS) is 1. The number of amides is 1. The SMILES string of the molecule is CC(CN)CCC(=O)NC(C)(C(=O)O)C(F)(F)F. The number of carbonyl (C=O) groups is 2. The van der Waals surface area contributed by atoms with E-state index in [9.17, 15) is 22.8 Å². The Balaban J connectivity index is 4.63. The number of halogens is 3. The average molecular weight is 270 g/mol. The van der Waals surface area contributed by atoms with E-state index >= 15 is 0 Å². The Morgan fingerprint density at radius 1 is 1.39 bits per heavy atom. The molecule has 0 rings (SSSR count). The van der Waals surface area contributed by atoms with Gasteiger partial charge in [-0.25, -0.2) is 4.79 Å². The molecule has 0 saturated heterocycles. The average Bonchev–Trinajstić information content (AvgIpc) is 2.23. The Kier molecular flexibility index (Phi) is 5.59. The standard InChI is InChI=1S/C10H17F3N2O3/c1-6(5-14)3-4-7(16)15-9(2,8(17)18)10(11,12)13/h6H,3-5,14H2,1-2H3,(H,15,16)(H,17,18). The largest absolute Gasteiger partial charge is 0.479 e. The van der Waals surface area contributed by atoms with Crippen molar-refractivity contribution in [1.82, 2.24) is 5.32 Å². The van der Waals surface area contributed by atoms with Gasteiger partial charge in [-0.15, -0.1) is 0 Å². The molecular weight excluding hydrogens is 253 g/mol. The summed E-state index contributed by atoms with van der Waals surface area (Å²) < 4.78 is 37.7. The molecule has 4 N–H and O–H groups in total. The van der Waals surface area contributed by atoms with Gasteiger partial charge >= 0.3 is 12.1 Å². The molecule has 2 unspecified atom stereocenters. The highest BCUT2D eigenvalue weighted by molar-refractivity contribution is 5.87. The van der Waals surface area contributed by atoms with Gasteiger partial charge in [-0.2, -0.15) is 13.2 Å². The number of hydrogen-bond acceptors (Lipinski definition) is 3. The van der Waals surface area contributed by atoms with E-state index in [4.69, 9.17) is 10.8 Å². The van der Waals surface area contributed by atoms with Gasteiger partial charge < -0.3 is 16.2 Å². The van der Waals surface area contributed by atoms with E-state index in [2.05, 4.69) is 0 Å². The zero-order valence-electron chi connectivity index (χ0n) is 10.2. The maximum absolute atomic E-state index is 12.6. The normalized spacial score (nSPS) is 16.8. The van der Waals surface area contributed by atoms with Crippen LogP contribution in [0.3, 0.4) is 0 Å². The van der Waals surface area contributed by atoms with Crippen LogP contribution in [0.4, 0.5) is 13.2 Å². The van der Waals surface area contributed by atoms with E-state index in [1.165, 1.54) is 5.32 Å². The monoisotopic (exact) mass is 270 g/mol. The van der Waals surface area contributed by atoms with Gasteiger partial charge in [0.1, 0.15) is 0 Å². The van der Waals surface area contributed by atoms with Gasteiger partial charge in [-0.3, -0.25) is 4.79 Å². The van der Waals surface area contributed by atoms with E-state index in [-0.39, 0.29) is 12.3 Å². The molecule has 5 nitrogen and oxygen atoms in total. The molecule has 0 bridgehead atoms. The molecule has 0 heterocycles. The molecule has 2 atom stereocenters. The second-order valence-electron chi connectivity index (χ2n) is 4.36.